The minimum atomic E-state index is -0.856. The summed E-state index contributed by atoms with van der Waals surface area (Å²) in [6.07, 6.45) is 0. The number of nitrogens with zero attached hydrogens (tertiary/aromatic N) is 1. The van der Waals surface area contributed by atoms with Crippen molar-refractivity contribution in [3.8, 4) is 6.07 Å². The van der Waals surface area contributed by atoms with E-state index in [9.17, 15) is 9.18 Å². The van der Waals surface area contributed by atoms with Crippen molar-refractivity contribution in [2.24, 2.45) is 0 Å². The first-order valence-corrected chi connectivity index (χ1v) is 4.96. The van der Waals surface area contributed by atoms with Crippen molar-refractivity contribution in [3.05, 3.63) is 33.5 Å². The number of benzene rings is 1. The van der Waals surface area contributed by atoms with Gasteiger partial charge in [0.2, 0.25) is 0 Å². The zero-order valence-electron chi connectivity index (χ0n) is 7.88. The van der Waals surface area contributed by atoms with Gasteiger partial charge in [-0.1, -0.05) is 0 Å². The number of hydrogen-bond acceptors (Lipinski definition) is 3. The summed E-state index contributed by atoms with van der Waals surface area (Å²) in [4.78, 5) is 11.4. The molecule has 3 nitrogen and oxygen atoms in total. The molecule has 0 heterocycles. The third-order valence-corrected chi connectivity index (χ3v) is 2.35. The van der Waals surface area contributed by atoms with E-state index in [1.165, 1.54) is 12.1 Å². The second-order valence-corrected chi connectivity index (χ2v) is 3.47. The Morgan fingerprint density at radius 3 is 2.87 bits per heavy atom. The van der Waals surface area contributed by atoms with E-state index in [4.69, 9.17) is 5.26 Å². The van der Waals surface area contributed by atoms with E-state index in [1.807, 2.05) is 0 Å². The quantitative estimate of drug-likeness (QED) is 0.777. The molecule has 0 amide bonds. The van der Waals surface area contributed by atoms with Crippen molar-refractivity contribution in [2.75, 3.05) is 6.61 Å². The third kappa shape index (κ3) is 2.34. The fourth-order valence-electron chi connectivity index (χ4n) is 1.03. The fraction of sp³-hybridized carbons (Fsp3) is 0.200. The summed E-state index contributed by atoms with van der Waals surface area (Å²) in [7, 11) is 0. The molecule has 1 aromatic carbocycles. The van der Waals surface area contributed by atoms with Crippen LogP contribution in [0.2, 0.25) is 0 Å². The molecule has 0 fully saturated rings. The Bertz CT molecular complexity index is 440. The number of hydrogen-bond donors (Lipinski definition) is 0. The molecule has 1 rings (SSSR count). The summed E-state index contributed by atoms with van der Waals surface area (Å²) < 4.78 is 18.5. The lowest BCUT2D eigenvalue weighted by Gasteiger charge is -2.06. The Morgan fingerprint density at radius 1 is 1.67 bits per heavy atom. The zero-order valence-corrected chi connectivity index (χ0v) is 9.47. The average molecular weight is 272 g/mol. The number of carbonyl (C=O) groups excluding carboxylic acids is 1. The van der Waals surface area contributed by atoms with Crippen LogP contribution in [0.1, 0.15) is 22.8 Å². The molecule has 0 saturated carbocycles. The molecular formula is C10H7BrFNO2. The molecule has 0 radical (unpaired) electrons. The van der Waals surface area contributed by atoms with E-state index in [0.29, 0.717) is 0 Å². The molecule has 5 heteroatoms. The number of nitriles is 1. The minimum absolute atomic E-state index is 0.154. The largest absolute Gasteiger partial charge is 0.462 e. The topological polar surface area (TPSA) is 50.1 Å². The van der Waals surface area contributed by atoms with E-state index in [0.717, 1.165) is 0 Å². The summed E-state index contributed by atoms with van der Waals surface area (Å²) in [5.74, 6) is -1.63. The van der Waals surface area contributed by atoms with Crippen LogP contribution in [0.15, 0.2) is 16.6 Å². The highest BCUT2D eigenvalue weighted by Gasteiger charge is 2.19. The van der Waals surface area contributed by atoms with Crippen LogP contribution in [0.3, 0.4) is 0 Å². The van der Waals surface area contributed by atoms with Crippen LogP contribution in [0.5, 0.6) is 0 Å². The van der Waals surface area contributed by atoms with Gasteiger partial charge < -0.3 is 4.74 Å². The first-order chi connectivity index (χ1) is 7.11. The van der Waals surface area contributed by atoms with Crippen LogP contribution in [0.4, 0.5) is 4.39 Å². The predicted octanol–water partition coefficient (Wildman–Crippen LogP) is 2.64. The van der Waals surface area contributed by atoms with Gasteiger partial charge in [0.25, 0.3) is 0 Å². The zero-order chi connectivity index (χ0) is 11.4. The van der Waals surface area contributed by atoms with Crippen molar-refractivity contribution in [2.45, 2.75) is 6.92 Å². The molecule has 0 spiro atoms. The Balaban J connectivity index is 3.28. The van der Waals surface area contributed by atoms with Crippen molar-refractivity contribution in [1.82, 2.24) is 0 Å². The molecule has 0 bridgehead atoms. The van der Waals surface area contributed by atoms with E-state index in [2.05, 4.69) is 20.7 Å². The van der Waals surface area contributed by atoms with Crippen LogP contribution in [0, 0.1) is 17.1 Å². The summed E-state index contributed by atoms with van der Waals surface area (Å²) in [5, 5.41) is 8.59. The number of halogens is 2. The fourth-order valence-corrected chi connectivity index (χ4v) is 1.50. The lowest BCUT2D eigenvalue weighted by molar-refractivity contribution is 0.0520. The Labute approximate surface area is 94.6 Å². The van der Waals surface area contributed by atoms with Crippen LogP contribution < -0.4 is 0 Å². The maximum atomic E-state index is 13.6. The van der Waals surface area contributed by atoms with E-state index in [-0.39, 0.29) is 22.2 Å². The van der Waals surface area contributed by atoms with Gasteiger partial charge >= 0.3 is 5.97 Å². The lowest BCUT2D eigenvalue weighted by Crippen LogP contribution is -2.09. The monoisotopic (exact) mass is 271 g/mol. The van der Waals surface area contributed by atoms with Gasteiger partial charge in [-0.3, -0.25) is 0 Å². The molecule has 0 aliphatic rings. The predicted molar refractivity (Wildman–Crippen MR) is 54.8 cm³/mol. The van der Waals surface area contributed by atoms with E-state index < -0.39 is 11.8 Å². The van der Waals surface area contributed by atoms with Crippen LogP contribution in [-0.2, 0) is 4.74 Å². The molecule has 1 aromatic rings. The third-order valence-electron chi connectivity index (χ3n) is 1.69. The summed E-state index contributed by atoms with van der Waals surface area (Å²) >= 11 is 3.03. The van der Waals surface area contributed by atoms with E-state index in [1.54, 1.807) is 13.0 Å². The Hall–Kier alpha value is -1.41. The van der Waals surface area contributed by atoms with Gasteiger partial charge in [0, 0.05) is 4.47 Å². The maximum Gasteiger partial charge on any atom is 0.342 e. The van der Waals surface area contributed by atoms with Gasteiger partial charge in [0.05, 0.1) is 12.2 Å². The first kappa shape index (κ1) is 11.7. The molecule has 0 aliphatic carbocycles. The van der Waals surface area contributed by atoms with Crippen molar-refractivity contribution in [3.63, 3.8) is 0 Å². The SMILES string of the molecule is CCOC(=O)c1c(Br)ccc(C#N)c1F. The molecule has 78 valence electrons. The second-order valence-electron chi connectivity index (χ2n) is 2.62. The molecule has 0 atom stereocenters. The Kier molecular flexibility index (Phi) is 3.81. The summed E-state index contributed by atoms with van der Waals surface area (Å²) in [6.45, 7) is 1.78. The summed E-state index contributed by atoms with van der Waals surface area (Å²) in [5.41, 5.74) is -0.419. The smallest absolute Gasteiger partial charge is 0.342 e. The highest BCUT2D eigenvalue weighted by atomic mass is 79.9. The van der Waals surface area contributed by atoms with Gasteiger partial charge in [-0.15, -0.1) is 0 Å². The van der Waals surface area contributed by atoms with Gasteiger partial charge in [-0.05, 0) is 35.0 Å². The van der Waals surface area contributed by atoms with Crippen molar-refractivity contribution in [1.29, 1.82) is 5.26 Å². The normalized spacial score (nSPS) is 9.47. The molecule has 0 saturated heterocycles. The molecule has 0 unspecified atom stereocenters. The number of ether oxygens (including phenoxy) is 1. The van der Waals surface area contributed by atoms with Crippen LogP contribution in [-0.4, -0.2) is 12.6 Å². The van der Waals surface area contributed by atoms with Gasteiger partial charge in [-0.2, -0.15) is 5.26 Å². The molecule has 15 heavy (non-hydrogen) atoms. The highest BCUT2D eigenvalue weighted by Crippen LogP contribution is 2.23. The highest BCUT2D eigenvalue weighted by molar-refractivity contribution is 9.10. The van der Waals surface area contributed by atoms with Crippen LogP contribution >= 0.6 is 15.9 Å². The second kappa shape index (κ2) is 4.89. The van der Waals surface area contributed by atoms with Gasteiger partial charge in [0.15, 0.2) is 5.82 Å². The number of carbonyl (C=O) groups is 1. The van der Waals surface area contributed by atoms with Crippen LogP contribution in [0.25, 0.3) is 0 Å². The molecule has 0 aromatic heterocycles. The molecule has 0 N–H and O–H groups in total. The van der Waals surface area contributed by atoms with Gasteiger partial charge in [0.1, 0.15) is 11.6 Å². The maximum absolute atomic E-state index is 13.6. The van der Waals surface area contributed by atoms with Gasteiger partial charge in [-0.25, -0.2) is 9.18 Å². The number of rotatable bonds is 2. The standard InChI is InChI=1S/C10H7BrFNO2/c1-2-15-10(14)8-7(11)4-3-6(5-13)9(8)12/h3-4H,2H2,1H3. The Morgan fingerprint density at radius 2 is 2.33 bits per heavy atom. The minimum Gasteiger partial charge on any atom is -0.462 e. The summed E-state index contributed by atoms with van der Waals surface area (Å²) in [6, 6.07) is 4.39. The van der Waals surface area contributed by atoms with Crippen molar-refractivity contribution < 1.29 is 13.9 Å². The van der Waals surface area contributed by atoms with E-state index >= 15 is 0 Å². The number of esters is 1. The first-order valence-electron chi connectivity index (χ1n) is 4.17. The molecule has 0 aliphatic heterocycles. The lowest BCUT2D eigenvalue weighted by atomic mass is 10.1. The van der Waals surface area contributed by atoms with Crippen molar-refractivity contribution >= 4 is 21.9 Å². The molecular weight excluding hydrogens is 265 g/mol. The average Bonchev–Trinajstić information content (AvgIpc) is 2.18.